The van der Waals surface area contributed by atoms with Crippen molar-refractivity contribution in [2.24, 2.45) is 0 Å². The normalized spacial score (nSPS) is 18.0. The highest BCUT2D eigenvalue weighted by atomic mass is 32.2. The quantitative estimate of drug-likeness (QED) is 0.336. The zero-order chi connectivity index (χ0) is 33.8. The van der Waals surface area contributed by atoms with Gasteiger partial charge in [0.25, 0.3) is 0 Å². The molecule has 10 nitrogen and oxygen atoms in total. The molecule has 2 aliphatic heterocycles. The number of carbonyl (C=O) groups is 2. The third-order valence-corrected chi connectivity index (χ3v) is 10.5. The summed E-state index contributed by atoms with van der Waals surface area (Å²) in [5, 5.41) is 12.3. The molecular formula is C36H43N5O5S. The van der Waals surface area contributed by atoms with Crippen LogP contribution >= 0.6 is 0 Å². The van der Waals surface area contributed by atoms with Crippen LogP contribution in [0.4, 0.5) is 11.4 Å². The molecule has 248 valence electrons. The maximum Gasteiger partial charge on any atom is 0.329 e. The van der Waals surface area contributed by atoms with E-state index in [-0.39, 0.29) is 17.9 Å². The summed E-state index contributed by atoms with van der Waals surface area (Å²) in [7, 11) is -3.90. The first-order chi connectivity index (χ1) is 22.4. The van der Waals surface area contributed by atoms with E-state index < -0.39 is 39.6 Å². The van der Waals surface area contributed by atoms with Crippen LogP contribution in [0.25, 0.3) is 0 Å². The first-order valence-electron chi connectivity index (χ1n) is 16.1. The summed E-state index contributed by atoms with van der Waals surface area (Å²) in [6.07, 6.45) is 1.10. The molecule has 11 heteroatoms. The number of benzene rings is 3. The lowest BCUT2D eigenvalue weighted by Crippen LogP contribution is -2.52. The number of nitrogens with one attached hydrogen (secondary N) is 1. The van der Waals surface area contributed by atoms with E-state index in [4.69, 9.17) is 4.74 Å². The Morgan fingerprint density at radius 3 is 2.21 bits per heavy atom. The van der Waals surface area contributed by atoms with Gasteiger partial charge in [0, 0.05) is 44.8 Å². The van der Waals surface area contributed by atoms with Gasteiger partial charge in [-0.3, -0.25) is 4.79 Å². The minimum atomic E-state index is -3.90. The highest BCUT2D eigenvalue weighted by molar-refractivity contribution is 7.89. The lowest BCUT2D eigenvalue weighted by Gasteiger charge is -2.37. The Bertz CT molecular complexity index is 1720. The fourth-order valence-corrected chi connectivity index (χ4v) is 7.75. The van der Waals surface area contributed by atoms with E-state index >= 15 is 0 Å². The maximum absolute atomic E-state index is 13.6. The molecule has 0 bridgehead atoms. The summed E-state index contributed by atoms with van der Waals surface area (Å²) in [4.78, 5) is 31.6. The molecule has 1 N–H and O–H groups in total. The largest absolute Gasteiger partial charge is 0.458 e. The van der Waals surface area contributed by atoms with Crippen LogP contribution in [0, 0.1) is 18.3 Å². The standard InChI is InChI=1S/C36H43N5O5S/c1-26-11-17-30(18-12-26)47(44,45)41-19-7-10-33(41)34(42)38-31(35(43)46-36(2,3)4)24-27-13-15-29(16-14-27)39-20-22-40(23-21-39)32-9-6-5-8-28(32)25-37/h5-6,8-9,11-18,31,33H,7,10,19-24H2,1-4H3,(H,38,42)/t31-,33-/m0/s1. The van der Waals surface area contributed by atoms with Crippen LogP contribution in [-0.2, 0) is 30.8 Å². The van der Waals surface area contributed by atoms with Crippen LogP contribution in [-0.4, -0.2) is 75.0 Å². The maximum atomic E-state index is 13.6. The number of carbonyl (C=O) groups excluding carboxylic acids is 2. The van der Waals surface area contributed by atoms with Crippen molar-refractivity contribution in [1.82, 2.24) is 9.62 Å². The van der Waals surface area contributed by atoms with Crippen LogP contribution in [0.1, 0.15) is 50.3 Å². The number of sulfonamides is 1. The lowest BCUT2D eigenvalue weighted by molar-refractivity contribution is -0.158. The van der Waals surface area contributed by atoms with Crippen LogP contribution in [0.5, 0.6) is 0 Å². The molecule has 2 atom stereocenters. The second-order valence-electron chi connectivity index (χ2n) is 13.2. The highest BCUT2D eigenvalue weighted by Gasteiger charge is 2.41. The van der Waals surface area contributed by atoms with E-state index in [1.807, 2.05) is 55.5 Å². The number of hydrogen-bond donors (Lipinski definition) is 1. The fourth-order valence-electron chi connectivity index (χ4n) is 6.10. The number of para-hydroxylation sites is 1. The minimum absolute atomic E-state index is 0.139. The topological polar surface area (TPSA) is 123 Å². The van der Waals surface area contributed by atoms with Crippen LogP contribution in [0.2, 0.25) is 0 Å². The highest BCUT2D eigenvalue weighted by Crippen LogP contribution is 2.28. The third kappa shape index (κ3) is 8.13. The molecule has 0 spiro atoms. The second-order valence-corrected chi connectivity index (χ2v) is 15.0. The van der Waals surface area contributed by atoms with Crippen molar-refractivity contribution in [3.8, 4) is 6.07 Å². The second kappa shape index (κ2) is 14.2. The molecule has 0 saturated carbocycles. The van der Waals surface area contributed by atoms with Crippen molar-refractivity contribution in [1.29, 1.82) is 5.26 Å². The van der Waals surface area contributed by atoms with Crippen molar-refractivity contribution in [2.75, 3.05) is 42.5 Å². The van der Waals surface area contributed by atoms with E-state index in [0.717, 1.165) is 48.7 Å². The number of nitrogens with zero attached hydrogens (tertiary/aromatic N) is 4. The molecule has 3 aromatic rings. The fraction of sp³-hybridized carbons (Fsp3) is 0.417. The van der Waals surface area contributed by atoms with Gasteiger partial charge in [-0.1, -0.05) is 42.0 Å². The van der Waals surface area contributed by atoms with Gasteiger partial charge < -0.3 is 19.9 Å². The molecule has 0 radical (unpaired) electrons. The summed E-state index contributed by atoms with van der Waals surface area (Å²) in [5.41, 5.74) is 3.67. The SMILES string of the molecule is Cc1ccc(S(=O)(=O)N2CCC[C@H]2C(=O)N[C@@H](Cc2ccc(N3CCN(c4ccccc4C#N)CC3)cc2)C(=O)OC(C)(C)C)cc1. The third-order valence-electron chi connectivity index (χ3n) is 8.53. The molecule has 2 heterocycles. The first-order valence-corrected chi connectivity index (χ1v) is 17.5. The van der Waals surface area contributed by atoms with Gasteiger partial charge in [-0.25, -0.2) is 13.2 Å². The van der Waals surface area contributed by atoms with Gasteiger partial charge in [0.2, 0.25) is 15.9 Å². The molecule has 47 heavy (non-hydrogen) atoms. The predicted molar refractivity (Wildman–Crippen MR) is 182 cm³/mol. The lowest BCUT2D eigenvalue weighted by atomic mass is 10.0. The van der Waals surface area contributed by atoms with Gasteiger partial charge in [0.05, 0.1) is 16.1 Å². The number of esters is 1. The number of amides is 1. The molecular weight excluding hydrogens is 614 g/mol. The molecule has 0 aromatic heterocycles. The van der Waals surface area contributed by atoms with Gasteiger partial charge in [-0.2, -0.15) is 9.57 Å². The molecule has 2 aliphatic rings. The first kappa shape index (κ1) is 33.9. The minimum Gasteiger partial charge on any atom is -0.458 e. The Hall–Kier alpha value is -4.40. The average molecular weight is 658 g/mol. The van der Waals surface area contributed by atoms with E-state index in [0.29, 0.717) is 18.4 Å². The molecule has 5 rings (SSSR count). The van der Waals surface area contributed by atoms with Crippen molar-refractivity contribution in [3.05, 3.63) is 89.5 Å². The number of hydrogen-bond acceptors (Lipinski definition) is 8. The number of nitriles is 1. The van der Waals surface area contributed by atoms with Crippen LogP contribution in [0.15, 0.2) is 77.7 Å². The monoisotopic (exact) mass is 657 g/mol. The Balaban J connectivity index is 1.27. The van der Waals surface area contributed by atoms with E-state index in [1.165, 1.54) is 4.31 Å². The van der Waals surface area contributed by atoms with Crippen molar-refractivity contribution >= 4 is 33.3 Å². The summed E-state index contributed by atoms with van der Waals surface area (Å²) in [5.74, 6) is -1.09. The number of rotatable bonds is 9. The van der Waals surface area contributed by atoms with Gasteiger partial charge >= 0.3 is 5.97 Å². The molecule has 1 amide bonds. The average Bonchev–Trinajstić information content (AvgIpc) is 3.56. The summed E-state index contributed by atoms with van der Waals surface area (Å²) >= 11 is 0. The van der Waals surface area contributed by atoms with E-state index in [2.05, 4.69) is 21.2 Å². The Kier molecular flexibility index (Phi) is 10.2. The van der Waals surface area contributed by atoms with Crippen LogP contribution < -0.4 is 15.1 Å². The van der Waals surface area contributed by atoms with Crippen molar-refractivity contribution in [2.45, 2.75) is 69.5 Å². The van der Waals surface area contributed by atoms with Crippen molar-refractivity contribution in [3.63, 3.8) is 0 Å². The molecule has 0 aliphatic carbocycles. The van der Waals surface area contributed by atoms with Gasteiger partial charge in [-0.15, -0.1) is 0 Å². The summed E-state index contributed by atoms with van der Waals surface area (Å²) < 4.78 is 33.9. The van der Waals surface area contributed by atoms with Crippen LogP contribution in [0.3, 0.4) is 0 Å². The zero-order valence-electron chi connectivity index (χ0n) is 27.5. The number of aryl methyl sites for hydroxylation is 1. The predicted octanol–water partition coefficient (Wildman–Crippen LogP) is 4.42. The molecule has 2 fully saturated rings. The number of ether oxygens (including phenoxy) is 1. The summed E-state index contributed by atoms with van der Waals surface area (Å²) in [6, 6.07) is 22.5. The molecule has 3 aromatic carbocycles. The van der Waals surface area contributed by atoms with Gasteiger partial charge in [0.1, 0.15) is 23.8 Å². The Morgan fingerprint density at radius 1 is 0.936 bits per heavy atom. The number of anilines is 2. The summed E-state index contributed by atoms with van der Waals surface area (Å²) in [6.45, 7) is 10.6. The molecule has 0 unspecified atom stereocenters. The van der Waals surface area contributed by atoms with Gasteiger partial charge in [0.15, 0.2) is 0 Å². The Morgan fingerprint density at radius 2 is 1.57 bits per heavy atom. The van der Waals surface area contributed by atoms with E-state index in [1.54, 1.807) is 45.0 Å². The Labute approximate surface area is 278 Å². The van der Waals surface area contributed by atoms with Gasteiger partial charge in [-0.05, 0) is 82.5 Å². The van der Waals surface area contributed by atoms with Crippen molar-refractivity contribution < 1.29 is 22.7 Å². The smallest absolute Gasteiger partial charge is 0.329 e. The molecule has 2 saturated heterocycles. The number of piperazine rings is 1. The zero-order valence-corrected chi connectivity index (χ0v) is 28.3. The van der Waals surface area contributed by atoms with E-state index in [9.17, 15) is 23.3 Å².